The summed E-state index contributed by atoms with van der Waals surface area (Å²) >= 11 is 6.15. The van der Waals surface area contributed by atoms with E-state index in [4.69, 9.17) is 16.3 Å². The second kappa shape index (κ2) is 8.11. The van der Waals surface area contributed by atoms with Gasteiger partial charge in [-0.15, -0.1) is 0 Å². The van der Waals surface area contributed by atoms with E-state index in [1.165, 1.54) is 31.4 Å². The van der Waals surface area contributed by atoms with Gasteiger partial charge in [0.1, 0.15) is 17.3 Å². The molecule has 0 bridgehead atoms. The predicted octanol–water partition coefficient (Wildman–Crippen LogP) is 4.50. The number of likely N-dealkylation sites (tertiary alicyclic amines) is 1. The van der Waals surface area contributed by atoms with Gasteiger partial charge in [0.2, 0.25) is 0 Å². The molecule has 156 valence electrons. The van der Waals surface area contributed by atoms with E-state index in [0.29, 0.717) is 46.7 Å². The van der Waals surface area contributed by atoms with Crippen molar-refractivity contribution in [1.82, 2.24) is 4.90 Å². The van der Waals surface area contributed by atoms with Gasteiger partial charge in [0, 0.05) is 18.1 Å². The smallest absolute Gasteiger partial charge is 0.282 e. The van der Waals surface area contributed by atoms with Gasteiger partial charge < -0.3 is 9.64 Å². The third-order valence-corrected chi connectivity index (χ3v) is 5.91. The molecule has 0 saturated carbocycles. The minimum absolute atomic E-state index is 0.275. The first-order valence-corrected chi connectivity index (χ1v) is 10.3. The number of methoxy groups -OCH3 is 1. The van der Waals surface area contributed by atoms with Crippen LogP contribution >= 0.6 is 11.6 Å². The fourth-order valence-corrected chi connectivity index (χ4v) is 4.14. The number of ether oxygens (including phenoxy) is 1. The van der Waals surface area contributed by atoms with Gasteiger partial charge in [-0.05, 0) is 54.7 Å². The molecule has 2 heterocycles. The number of piperidine rings is 1. The SMILES string of the molecule is COc1ccc(Cl)cc1N1C(=O)C(c2ccc(F)cc2)=C(N2CCC(C)CC2)C1=O. The van der Waals surface area contributed by atoms with Gasteiger partial charge in [0.25, 0.3) is 11.8 Å². The first kappa shape index (κ1) is 20.4. The van der Waals surface area contributed by atoms with E-state index in [2.05, 4.69) is 6.92 Å². The Morgan fingerprint density at radius 1 is 1.03 bits per heavy atom. The maximum atomic E-state index is 13.6. The number of benzene rings is 2. The number of halogens is 2. The van der Waals surface area contributed by atoms with Gasteiger partial charge in [0.15, 0.2) is 0 Å². The summed E-state index contributed by atoms with van der Waals surface area (Å²) in [5.41, 5.74) is 1.42. The molecule has 2 aliphatic heterocycles. The van der Waals surface area contributed by atoms with Gasteiger partial charge in [-0.25, -0.2) is 9.29 Å². The van der Waals surface area contributed by atoms with Gasteiger partial charge >= 0.3 is 0 Å². The number of amides is 2. The van der Waals surface area contributed by atoms with E-state index < -0.39 is 17.6 Å². The zero-order valence-electron chi connectivity index (χ0n) is 16.8. The third kappa shape index (κ3) is 3.56. The van der Waals surface area contributed by atoms with Crippen molar-refractivity contribution < 1.29 is 18.7 Å². The summed E-state index contributed by atoms with van der Waals surface area (Å²) in [6, 6.07) is 10.4. The molecule has 5 nitrogen and oxygen atoms in total. The minimum atomic E-state index is -0.471. The van der Waals surface area contributed by atoms with Crippen LogP contribution in [0.5, 0.6) is 5.75 Å². The predicted molar refractivity (Wildman–Crippen MR) is 114 cm³/mol. The average Bonchev–Trinajstić information content (AvgIpc) is 2.99. The average molecular weight is 429 g/mol. The Kier molecular flexibility index (Phi) is 5.52. The van der Waals surface area contributed by atoms with E-state index >= 15 is 0 Å². The Balaban J connectivity index is 1.84. The summed E-state index contributed by atoms with van der Waals surface area (Å²) in [5.74, 6) is -0.367. The van der Waals surface area contributed by atoms with Crippen molar-refractivity contribution >= 4 is 34.7 Å². The van der Waals surface area contributed by atoms with E-state index in [0.717, 1.165) is 17.7 Å². The highest BCUT2D eigenvalue weighted by Crippen LogP contribution is 2.40. The highest BCUT2D eigenvalue weighted by molar-refractivity contribution is 6.46. The summed E-state index contributed by atoms with van der Waals surface area (Å²) in [6.07, 6.45) is 1.87. The van der Waals surface area contributed by atoms with Gasteiger partial charge in [-0.3, -0.25) is 9.59 Å². The lowest BCUT2D eigenvalue weighted by Gasteiger charge is -2.32. The number of carbonyl (C=O) groups is 2. The Morgan fingerprint density at radius 2 is 1.70 bits per heavy atom. The van der Waals surface area contributed by atoms with Crippen molar-refractivity contribution in [2.75, 3.05) is 25.1 Å². The van der Waals surface area contributed by atoms with Crippen LogP contribution in [0.1, 0.15) is 25.3 Å². The van der Waals surface area contributed by atoms with Crippen LogP contribution in [0.4, 0.5) is 10.1 Å². The topological polar surface area (TPSA) is 49.9 Å². The van der Waals surface area contributed by atoms with E-state index in [1.807, 2.05) is 4.90 Å². The molecule has 2 amide bonds. The molecule has 0 radical (unpaired) electrons. The molecule has 2 aliphatic rings. The Morgan fingerprint density at radius 3 is 2.33 bits per heavy atom. The molecule has 1 fully saturated rings. The van der Waals surface area contributed by atoms with Crippen molar-refractivity contribution in [3.63, 3.8) is 0 Å². The maximum absolute atomic E-state index is 13.6. The molecule has 0 aliphatic carbocycles. The Hall–Kier alpha value is -2.86. The number of imide groups is 1. The monoisotopic (exact) mass is 428 g/mol. The van der Waals surface area contributed by atoms with Crippen LogP contribution in [0.25, 0.3) is 5.57 Å². The molecule has 1 saturated heterocycles. The highest BCUT2D eigenvalue weighted by atomic mass is 35.5. The molecule has 0 N–H and O–H groups in total. The molecule has 4 rings (SSSR count). The summed E-state index contributed by atoms with van der Waals surface area (Å²) in [7, 11) is 1.47. The lowest BCUT2D eigenvalue weighted by Crippen LogP contribution is -2.38. The first-order chi connectivity index (χ1) is 14.4. The quantitative estimate of drug-likeness (QED) is 0.672. The zero-order valence-corrected chi connectivity index (χ0v) is 17.6. The third-order valence-electron chi connectivity index (χ3n) is 5.67. The van der Waals surface area contributed by atoms with Crippen LogP contribution in [-0.2, 0) is 9.59 Å². The Bertz CT molecular complexity index is 1030. The van der Waals surface area contributed by atoms with Crippen molar-refractivity contribution in [2.24, 2.45) is 5.92 Å². The van der Waals surface area contributed by atoms with Gasteiger partial charge in [-0.2, -0.15) is 0 Å². The second-order valence-electron chi connectivity index (χ2n) is 7.66. The molecule has 30 heavy (non-hydrogen) atoms. The van der Waals surface area contributed by atoms with Crippen LogP contribution < -0.4 is 9.64 Å². The lowest BCUT2D eigenvalue weighted by atomic mass is 9.97. The zero-order chi connectivity index (χ0) is 21.4. The van der Waals surface area contributed by atoms with E-state index in [1.54, 1.807) is 18.2 Å². The lowest BCUT2D eigenvalue weighted by molar-refractivity contribution is -0.120. The fraction of sp³-hybridized carbons (Fsp3) is 0.304. The molecular formula is C23H22ClFN2O3. The van der Waals surface area contributed by atoms with Crippen molar-refractivity contribution in [3.05, 3.63) is 64.6 Å². The van der Waals surface area contributed by atoms with Crippen LogP contribution in [0.3, 0.4) is 0 Å². The molecule has 0 spiro atoms. The molecule has 0 unspecified atom stereocenters. The highest BCUT2D eigenvalue weighted by Gasteiger charge is 2.44. The molecule has 2 aromatic carbocycles. The summed E-state index contributed by atoms with van der Waals surface area (Å²) in [6.45, 7) is 3.54. The van der Waals surface area contributed by atoms with Crippen LogP contribution in [0.2, 0.25) is 5.02 Å². The Labute approximate surface area is 179 Å². The largest absolute Gasteiger partial charge is 0.495 e. The molecule has 2 aromatic rings. The number of carbonyl (C=O) groups excluding carboxylic acids is 2. The summed E-state index contributed by atoms with van der Waals surface area (Å²) in [4.78, 5) is 30.2. The second-order valence-corrected chi connectivity index (χ2v) is 8.10. The fourth-order valence-electron chi connectivity index (χ4n) is 3.98. The van der Waals surface area contributed by atoms with E-state index in [9.17, 15) is 14.0 Å². The van der Waals surface area contributed by atoms with E-state index in [-0.39, 0.29) is 5.57 Å². The minimum Gasteiger partial charge on any atom is -0.495 e. The van der Waals surface area contributed by atoms with Crippen molar-refractivity contribution in [2.45, 2.75) is 19.8 Å². The van der Waals surface area contributed by atoms with Crippen molar-refractivity contribution in [1.29, 1.82) is 0 Å². The summed E-state index contributed by atoms with van der Waals surface area (Å²) in [5, 5.41) is 0.384. The normalized spacial score (nSPS) is 17.9. The molecule has 0 atom stereocenters. The standard InChI is InChI=1S/C23H22ClFN2O3/c1-14-9-11-26(12-10-14)21-20(15-3-6-17(25)7-4-15)22(28)27(23(21)29)18-13-16(24)5-8-19(18)30-2/h3-8,13-14H,9-12H2,1-2H3. The maximum Gasteiger partial charge on any atom is 0.282 e. The van der Waals surface area contributed by atoms with Gasteiger partial charge in [-0.1, -0.05) is 30.7 Å². The van der Waals surface area contributed by atoms with Crippen molar-refractivity contribution in [3.8, 4) is 5.75 Å². The number of rotatable bonds is 4. The number of hydrogen-bond donors (Lipinski definition) is 0. The number of hydrogen-bond acceptors (Lipinski definition) is 4. The number of nitrogens with zero attached hydrogens (tertiary/aromatic N) is 2. The van der Waals surface area contributed by atoms with Crippen LogP contribution in [0, 0.1) is 11.7 Å². The van der Waals surface area contributed by atoms with Crippen LogP contribution in [0.15, 0.2) is 48.2 Å². The molecule has 0 aromatic heterocycles. The molecular weight excluding hydrogens is 407 g/mol. The first-order valence-electron chi connectivity index (χ1n) is 9.88. The van der Waals surface area contributed by atoms with Crippen LogP contribution in [-0.4, -0.2) is 36.9 Å². The molecule has 7 heteroatoms. The summed E-state index contributed by atoms with van der Waals surface area (Å²) < 4.78 is 18.9. The number of anilines is 1. The van der Waals surface area contributed by atoms with Gasteiger partial charge in [0.05, 0.1) is 18.4 Å².